The maximum Gasteiger partial charge on any atom is 0.329 e. The van der Waals surface area contributed by atoms with Gasteiger partial charge in [0.05, 0.1) is 0 Å². The molecule has 1 unspecified atom stereocenters. The van der Waals surface area contributed by atoms with Gasteiger partial charge in [0.2, 0.25) is 0 Å². The van der Waals surface area contributed by atoms with Crippen LogP contribution < -0.4 is 5.32 Å². The average molecular weight is 254 g/mol. The Morgan fingerprint density at radius 1 is 1.28 bits per heavy atom. The van der Waals surface area contributed by atoms with Gasteiger partial charge in [0.1, 0.15) is 5.54 Å². The number of amides is 2. The highest BCUT2D eigenvalue weighted by Gasteiger charge is 2.48. The van der Waals surface area contributed by atoms with Gasteiger partial charge >= 0.3 is 12.0 Å². The van der Waals surface area contributed by atoms with Gasteiger partial charge in [0.15, 0.2) is 0 Å². The summed E-state index contributed by atoms with van der Waals surface area (Å²) in [6.07, 6.45) is 5.37. The number of carboxylic acid groups (broad SMARTS) is 1. The van der Waals surface area contributed by atoms with Gasteiger partial charge < -0.3 is 15.3 Å². The van der Waals surface area contributed by atoms with Crippen LogP contribution in [0.15, 0.2) is 0 Å². The minimum atomic E-state index is -1.04. The predicted molar refractivity (Wildman–Crippen MR) is 67.4 cm³/mol. The van der Waals surface area contributed by atoms with E-state index in [1.165, 1.54) is 4.90 Å². The van der Waals surface area contributed by atoms with Crippen LogP contribution in [-0.2, 0) is 4.79 Å². The third-order valence-electron chi connectivity index (χ3n) is 4.71. The van der Waals surface area contributed by atoms with Crippen molar-refractivity contribution in [3.63, 3.8) is 0 Å². The third kappa shape index (κ3) is 1.95. The number of urea groups is 1. The second-order valence-corrected chi connectivity index (χ2v) is 5.75. The average Bonchev–Trinajstić information content (AvgIpc) is 2.67. The second kappa shape index (κ2) is 4.44. The SMILES string of the molecule is CCC1(NC(=O)N2CCCC2(C)C(=O)O)CCC1. The molecule has 1 aliphatic carbocycles. The summed E-state index contributed by atoms with van der Waals surface area (Å²) in [4.78, 5) is 25.1. The van der Waals surface area contributed by atoms with E-state index in [0.29, 0.717) is 13.0 Å². The Morgan fingerprint density at radius 2 is 1.94 bits per heavy atom. The number of carboxylic acids is 1. The summed E-state index contributed by atoms with van der Waals surface area (Å²) in [5.41, 5.74) is -1.12. The molecule has 1 aliphatic heterocycles. The van der Waals surface area contributed by atoms with Gasteiger partial charge in [-0.3, -0.25) is 0 Å². The first-order valence-electron chi connectivity index (χ1n) is 6.77. The molecule has 5 nitrogen and oxygen atoms in total. The maximum absolute atomic E-state index is 12.3. The molecule has 0 aromatic rings. The molecule has 0 spiro atoms. The zero-order valence-corrected chi connectivity index (χ0v) is 11.2. The van der Waals surface area contributed by atoms with Crippen molar-refractivity contribution in [3.05, 3.63) is 0 Å². The lowest BCUT2D eigenvalue weighted by atomic mass is 9.75. The third-order valence-corrected chi connectivity index (χ3v) is 4.71. The highest BCUT2D eigenvalue weighted by Crippen LogP contribution is 2.36. The van der Waals surface area contributed by atoms with Gasteiger partial charge in [-0.1, -0.05) is 6.92 Å². The summed E-state index contributed by atoms with van der Waals surface area (Å²) in [5, 5.41) is 12.4. The first-order chi connectivity index (χ1) is 8.43. The summed E-state index contributed by atoms with van der Waals surface area (Å²) in [6, 6.07) is -0.209. The molecule has 102 valence electrons. The van der Waals surface area contributed by atoms with Crippen molar-refractivity contribution < 1.29 is 14.7 Å². The molecule has 2 fully saturated rings. The lowest BCUT2D eigenvalue weighted by Gasteiger charge is -2.44. The minimum Gasteiger partial charge on any atom is -0.480 e. The van der Waals surface area contributed by atoms with Gasteiger partial charge in [0.25, 0.3) is 0 Å². The molecular formula is C13H22N2O3. The predicted octanol–water partition coefficient (Wildman–Crippen LogP) is 1.97. The Bertz CT molecular complexity index is 360. The van der Waals surface area contributed by atoms with Crippen molar-refractivity contribution in [2.75, 3.05) is 6.54 Å². The molecule has 1 saturated heterocycles. The molecule has 2 amide bonds. The molecule has 0 bridgehead atoms. The molecule has 1 heterocycles. The normalized spacial score (nSPS) is 29.8. The summed E-state index contributed by atoms with van der Waals surface area (Å²) < 4.78 is 0. The Balaban J connectivity index is 2.07. The molecular weight excluding hydrogens is 232 g/mol. The Labute approximate surface area is 108 Å². The number of likely N-dealkylation sites (tertiary alicyclic amines) is 1. The van der Waals surface area contributed by atoms with Crippen LogP contribution in [0.4, 0.5) is 4.79 Å². The lowest BCUT2D eigenvalue weighted by Crippen LogP contribution is -2.61. The summed E-state index contributed by atoms with van der Waals surface area (Å²) in [5.74, 6) is -0.908. The Hall–Kier alpha value is -1.26. The van der Waals surface area contributed by atoms with E-state index in [1.807, 2.05) is 0 Å². The lowest BCUT2D eigenvalue weighted by molar-refractivity contribution is -0.147. The molecule has 2 N–H and O–H groups in total. The molecule has 0 radical (unpaired) electrons. The van der Waals surface area contributed by atoms with Gasteiger partial charge in [-0.2, -0.15) is 0 Å². The topological polar surface area (TPSA) is 69.6 Å². The van der Waals surface area contributed by atoms with E-state index in [0.717, 1.165) is 32.1 Å². The Morgan fingerprint density at radius 3 is 2.39 bits per heavy atom. The van der Waals surface area contributed by atoms with Crippen LogP contribution in [0.5, 0.6) is 0 Å². The smallest absolute Gasteiger partial charge is 0.329 e. The van der Waals surface area contributed by atoms with Crippen molar-refractivity contribution in [1.29, 1.82) is 0 Å². The van der Waals surface area contributed by atoms with Crippen molar-refractivity contribution in [2.24, 2.45) is 0 Å². The quantitative estimate of drug-likeness (QED) is 0.809. The number of carbonyl (C=O) groups excluding carboxylic acids is 1. The van der Waals surface area contributed by atoms with Crippen LogP contribution >= 0.6 is 0 Å². The van der Waals surface area contributed by atoms with Crippen LogP contribution in [0.3, 0.4) is 0 Å². The minimum absolute atomic E-state index is 0.0842. The number of rotatable bonds is 3. The first kappa shape index (κ1) is 13.2. The number of nitrogens with zero attached hydrogens (tertiary/aromatic N) is 1. The van der Waals surface area contributed by atoms with Crippen molar-refractivity contribution in [1.82, 2.24) is 10.2 Å². The van der Waals surface area contributed by atoms with Crippen LogP contribution in [0, 0.1) is 0 Å². The van der Waals surface area contributed by atoms with Crippen molar-refractivity contribution in [3.8, 4) is 0 Å². The van der Waals surface area contributed by atoms with Crippen LogP contribution in [0.2, 0.25) is 0 Å². The fourth-order valence-corrected chi connectivity index (χ4v) is 2.98. The standard InChI is InChI=1S/C13H22N2O3/c1-3-13(7-4-8-13)14-11(18)15-9-5-6-12(15,2)10(16)17/h3-9H2,1-2H3,(H,14,18)(H,16,17). The molecule has 0 aromatic heterocycles. The molecule has 5 heteroatoms. The summed E-state index contributed by atoms with van der Waals surface area (Å²) in [7, 11) is 0. The molecule has 1 saturated carbocycles. The number of nitrogens with one attached hydrogen (secondary N) is 1. The first-order valence-corrected chi connectivity index (χ1v) is 6.77. The number of carbonyl (C=O) groups is 2. The maximum atomic E-state index is 12.3. The van der Waals surface area contributed by atoms with E-state index in [4.69, 9.17) is 0 Å². The molecule has 2 rings (SSSR count). The summed E-state index contributed by atoms with van der Waals surface area (Å²) in [6.45, 7) is 4.25. The number of hydrogen-bond acceptors (Lipinski definition) is 2. The van der Waals surface area contributed by atoms with E-state index in [-0.39, 0.29) is 11.6 Å². The number of aliphatic carboxylic acids is 1. The molecule has 0 aromatic carbocycles. The van der Waals surface area contributed by atoms with Crippen LogP contribution in [0.25, 0.3) is 0 Å². The zero-order chi connectivity index (χ0) is 13.4. The van der Waals surface area contributed by atoms with E-state index < -0.39 is 11.5 Å². The van der Waals surface area contributed by atoms with Crippen LogP contribution in [0.1, 0.15) is 52.4 Å². The van der Waals surface area contributed by atoms with Crippen molar-refractivity contribution in [2.45, 2.75) is 63.5 Å². The largest absolute Gasteiger partial charge is 0.480 e. The molecule has 2 aliphatic rings. The molecule has 1 atom stereocenters. The van der Waals surface area contributed by atoms with Crippen LogP contribution in [-0.4, -0.2) is 39.6 Å². The van der Waals surface area contributed by atoms with Gasteiger partial charge in [-0.05, 0) is 45.4 Å². The van der Waals surface area contributed by atoms with E-state index in [1.54, 1.807) is 6.92 Å². The highest BCUT2D eigenvalue weighted by molar-refractivity contribution is 5.87. The van der Waals surface area contributed by atoms with Gasteiger partial charge in [-0.15, -0.1) is 0 Å². The van der Waals surface area contributed by atoms with E-state index >= 15 is 0 Å². The fourth-order valence-electron chi connectivity index (χ4n) is 2.98. The fraction of sp³-hybridized carbons (Fsp3) is 0.846. The molecule has 18 heavy (non-hydrogen) atoms. The second-order valence-electron chi connectivity index (χ2n) is 5.75. The Kier molecular flexibility index (Phi) is 3.25. The zero-order valence-electron chi connectivity index (χ0n) is 11.2. The summed E-state index contributed by atoms with van der Waals surface area (Å²) >= 11 is 0. The van der Waals surface area contributed by atoms with Gasteiger partial charge in [-0.25, -0.2) is 9.59 Å². The van der Waals surface area contributed by atoms with Crippen molar-refractivity contribution >= 4 is 12.0 Å². The van der Waals surface area contributed by atoms with E-state index in [2.05, 4.69) is 12.2 Å². The monoisotopic (exact) mass is 254 g/mol. The highest BCUT2D eigenvalue weighted by atomic mass is 16.4. The van der Waals surface area contributed by atoms with E-state index in [9.17, 15) is 14.7 Å². The number of hydrogen-bond donors (Lipinski definition) is 2. The van der Waals surface area contributed by atoms with Gasteiger partial charge in [0, 0.05) is 12.1 Å².